The molecule has 2 rings (SSSR count). The maximum Gasteiger partial charge on any atom is 0.0632 e. The Morgan fingerprint density at radius 2 is 1.78 bits per heavy atom. The molecule has 2 fully saturated rings. The second-order valence-electron chi connectivity index (χ2n) is 8.60. The summed E-state index contributed by atoms with van der Waals surface area (Å²) in [6.45, 7) is 18.2. The predicted molar refractivity (Wildman–Crippen MR) is 76.7 cm³/mol. The zero-order valence-electron chi connectivity index (χ0n) is 13.3. The van der Waals surface area contributed by atoms with Gasteiger partial charge >= 0.3 is 0 Å². The van der Waals surface area contributed by atoms with E-state index in [1.165, 1.54) is 12.8 Å². The minimum absolute atomic E-state index is 0.0615. The third kappa shape index (κ3) is 2.34. The van der Waals surface area contributed by atoms with Crippen molar-refractivity contribution in [3.05, 3.63) is 0 Å². The minimum atomic E-state index is 0.0615. The lowest BCUT2D eigenvalue weighted by Gasteiger charge is -2.38. The molecule has 106 valence electrons. The van der Waals surface area contributed by atoms with Gasteiger partial charge in [-0.3, -0.25) is 0 Å². The normalized spacial score (nSPS) is 37.8. The maximum atomic E-state index is 5.91. The van der Waals surface area contributed by atoms with Crippen molar-refractivity contribution < 1.29 is 4.74 Å². The van der Waals surface area contributed by atoms with Crippen molar-refractivity contribution in [3.8, 4) is 0 Å². The molecule has 0 aromatic carbocycles. The number of nitrogens with one attached hydrogen (secondary N) is 1. The Bertz CT molecular complexity index is 326. The van der Waals surface area contributed by atoms with E-state index in [9.17, 15) is 0 Å². The largest absolute Gasteiger partial charge is 0.376 e. The van der Waals surface area contributed by atoms with Crippen molar-refractivity contribution in [3.63, 3.8) is 0 Å². The van der Waals surface area contributed by atoms with E-state index in [2.05, 4.69) is 53.8 Å². The van der Waals surface area contributed by atoms with Crippen molar-refractivity contribution >= 4 is 0 Å². The Hall–Kier alpha value is -0.0800. The zero-order valence-corrected chi connectivity index (χ0v) is 13.3. The monoisotopic (exact) mass is 253 g/mol. The molecule has 0 aromatic rings. The molecule has 1 saturated heterocycles. The van der Waals surface area contributed by atoms with Gasteiger partial charge in [0.1, 0.15) is 0 Å². The van der Waals surface area contributed by atoms with Gasteiger partial charge in [-0.25, -0.2) is 0 Å². The van der Waals surface area contributed by atoms with Gasteiger partial charge in [-0.2, -0.15) is 0 Å². The quantitative estimate of drug-likeness (QED) is 0.812. The molecule has 1 heterocycles. The Balaban J connectivity index is 2.05. The van der Waals surface area contributed by atoms with Gasteiger partial charge in [-0.05, 0) is 70.8 Å². The molecule has 2 aliphatic rings. The van der Waals surface area contributed by atoms with E-state index in [0.717, 1.165) is 19.1 Å². The summed E-state index contributed by atoms with van der Waals surface area (Å²) in [6.07, 6.45) is 2.45. The summed E-state index contributed by atoms with van der Waals surface area (Å²) < 4.78 is 5.91. The van der Waals surface area contributed by atoms with Crippen LogP contribution in [0, 0.1) is 16.7 Å². The molecule has 0 aromatic heterocycles. The summed E-state index contributed by atoms with van der Waals surface area (Å²) in [6, 6.07) is 0. The maximum absolute atomic E-state index is 5.91. The molecule has 1 spiro atoms. The first-order valence-electron chi connectivity index (χ1n) is 7.39. The van der Waals surface area contributed by atoms with Crippen LogP contribution in [0.2, 0.25) is 0 Å². The van der Waals surface area contributed by atoms with Crippen LogP contribution in [-0.2, 0) is 4.74 Å². The topological polar surface area (TPSA) is 21.3 Å². The number of hydrogen-bond donors (Lipinski definition) is 1. The number of hydrogen-bond acceptors (Lipinski definition) is 2. The lowest BCUT2D eigenvalue weighted by atomic mass is 9.80. The Morgan fingerprint density at radius 3 is 2.28 bits per heavy atom. The van der Waals surface area contributed by atoms with Crippen LogP contribution in [0.1, 0.15) is 61.3 Å². The van der Waals surface area contributed by atoms with Gasteiger partial charge in [0.15, 0.2) is 0 Å². The molecule has 2 nitrogen and oxygen atoms in total. The molecule has 2 heteroatoms. The van der Waals surface area contributed by atoms with Crippen LogP contribution in [0.25, 0.3) is 0 Å². The van der Waals surface area contributed by atoms with Gasteiger partial charge < -0.3 is 10.1 Å². The van der Waals surface area contributed by atoms with E-state index < -0.39 is 0 Å². The van der Waals surface area contributed by atoms with Gasteiger partial charge in [-0.1, -0.05) is 13.8 Å². The van der Waals surface area contributed by atoms with E-state index in [1.807, 2.05) is 0 Å². The number of rotatable bonds is 2. The summed E-state index contributed by atoms with van der Waals surface area (Å²) in [4.78, 5) is 0. The number of ether oxygens (including phenoxy) is 1. The predicted octanol–water partition coefficient (Wildman–Crippen LogP) is 3.61. The highest BCUT2D eigenvalue weighted by atomic mass is 16.5. The van der Waals surface area contributed by atoms with Crippen molar-refractivity contribution in [2.24, 2.45) is 16.7 Å². The second-order valence-corrected chi connectivity index (χ2v) is 8.60. The Kier molecular flexibility index (Phi) is 3.15. The molecule has 1 aliphatic carbocycles. The SMILES string of the molecule is CC(C)(C)NCC1C(C)(C)C12CCOC(C)(C)C2. The average Bonchev–Trinajstić information content (AvgIpc) is 2.54. The highest BCUT2D eigenvalue weighted by molar-refractivity contribution is 5.20. The lowest BCUT2D eigenvalue weighted by molar-refractivity contribution is -0.0883. The summed E-state index contributed by atoms with van der Waals surface area (Å²) in [7, 11) is 0. The van der Waals surface area contributed by atoms with Gasteiger partial charge in [0.2, 0.25) is 0 Å². The summed E-state index contributed by atoms with van der Waals surface area (Å²) >= 11 is 0. The zero-order chi connectivity index (χ0) is 13.8. The van der Waals surface area contributed by atoms with Gasteiger partial charge in [0.25, 0.3) is 0 Å². The highest BCUT2D eigenvalue weighted by Crippen LogP contribution is 2.74. The third-order valence-corrected chi connectivity index (χ3v) is 5.36. The van der Waals surface area contributed by atoms with Gasteiger partial charge in [0.05, 0.1) is 5.60 Å². The molecule has 0 bridgehead atoms. The summed E-state index contributed by atoms with van der Waals surface area (Å²) in [5.41, 5.74) is 1.26. The molecule has 1 aliphatic heterocycles. The minimum Gasteiger partial charge on any atom is -0.376 e. The molecule has 0 radical (unpaired) electrons. The van der Waals surface area contributed by atoms with Crippen molar-refractivity contribution in [2.75, 3.05) is 13.2 Å². The molecule has 0 amide bonds. The first kappa shape index (κ1) is 14.3. The third-order valence-electron chi connectivity index (χ3n) is 5.36. The van der Waals surface area contributed by atoms with E-state index in [1.54, 1.807) is 0 Å². The summed E-state index contributed by atoms with van der Waals surface area (Å²) in [5, 5.41) is 3.70. The standard InChI is InChI=1S/C16H31NO/c1-13(2,3)17-10-12-15(6,7)16(12)8-9-18-14(4,5)11-16/h12,17H,8-11H2,1-7H3. The van der Waals surface area contributed by atoms with E-state index in [4.69, 9.17) is 4.74 Å². The van der Waals surface area contributed by atoms with Crippen LogP contribution in [0.5, 0.6) is 0 Å². The molecular formula is C16H31NO. The van der Waals surface area contributed by atoms with Crippen LogP contribution < -0.4 is 5.32 Å². The Labute approximate surface area is 113 Å². The molecule has 2 unspecified atom stereocenters. The fraction of sp³-hybridized carbons (Fsp3) is 1.00. The van der Waals surface area contributed by atoms with Gasteiger partial charge in [-0.15, -0.1) is 0 Å². The Morgan fingerprint density at radius 1 is 1.17 bits per heavy atom. The van der Waals surface area contributed by atoms with Crippen LogP contribution >= 0.6 is 0 Å². The molecular weight excluding hydrogens is 222 g/mol. The van der Waals surface area contributed by atoms with Gasteiger partial charge in [0, 0.05) is 12.1 Å². The molecule has 18 heavy (non-hydrogen) atoms. The lowest BCUT2D eigenvalue weighted by Crippen LogP contribution is -2.40. The summed E-state index contributed by atoms with van der Waals surface area (Å²) in [5.74, 6) is 0.799. The molecule has 1 saturated carbocycles. The smallest absolute Gasteiger partial charge is 0.0632 e. The van der Waals surface area contributed by atoms with Crippen LogP contribution in [0.15, 0.2) is 0 Å². The highest BCUT2D eigenvalue weighted by Gasteiger charge is 2.71. The van der Waals surface area contributed by atoms with Crippen LogP contribution in [-0.4, -0.2) is 24.3 Å². The van der Waals surface area contributed by atoms with Crippen LogP contribution in [0.4, 0.5) is 0 Å². The first-order valence-corrected chi connectivity index (χ1v) is 7.39. The van der Waals surface area contributed by atoms with Crippen molar-refractivity contribution in [2.45, 2.75) is 72.4 Å². The van der Waals surface area contributed by atoms with Crippen molar-refractivity contribution in [1.29, 1.82) is 0 Å². The molecule has 2 atom stereocenters. The van der Waals surface area contributed by atoms with Crippen LogP contribution in [0.3, 0.4) is 0 Å². The second kappa shape index (κ2) is 3.96. The molecule has 1 N–H and O–H groups in total. The van der Waals surface area contributed by atoms with Crippen molar-refractivity contribution in [1.82, 2.24) is 5.32 Å². The average molecular weight is 253 g/mol. The fourth-order valence-electron chi connectivity index (χ4n) is 4.18. The van der Waals surface area contributed by atoms with E-state index in [-0.39, 0.29) is 11.1 Å². The first-order chi connectivity index (χ1) is 8.00. The fourth-order valence-corrected chi connectivity index (χ4v) is 4.18. The van der Waals surface area contributed by atoms with E-state index >= 15 is 0 Å². The van der Waals surface area contributed by atoms with E-state index in [0.29, 0.717) is 10.8 Å².